The zero-order valence-electron chi connectivity index (χ0n) is 31.9. The fourth-order valence-corrected chi connectivity index (χ4v) is 6.38. The van der Waals surface area contributed by atoms with E-state index in [1.807, 2.05) is 6.08 Å². The van der Waals surface area contributed by atoms with Crippen molar-refractivity contribution in [3.05, 3.63) is 24.3 Å². The number of ether oxygens (including phenoxy) is 2. The molecule has 0 aromatic carbocycles. The topological polar surface area (TPSA) is 149 Å². The largest absolute Gasteiger partial charge is 0.394 e. The first-order valence-electron chi connectivity index (χ1n) is 20.6. The Morgan fingerprint density at radius 1 is 0.660 bits per heavy atom. The van der Waals surface area contributed by atoms with Crippen molar-refractivity contribution >= 4 is 5.91 Å². The van der Waals surface area contributed by atoms with E-state index < -0.39 is 49.5 Å². The van der Waals surface area contributed by atoms with E-state index >= 15 is 0 Å². The Morgan fingerprint density at radius 2 is 1.12 bits per heavy atom. The molecule has 1 heterocycles. The predicted octanol–water partition coefficient (Wildman–Crippen LogP) is 7.55. The maximum Gasteiger partial charge on any atom is 0.220 e. The lowest BCUT2D eigenvalue weighted by molar-refractivity contribution is -0.302. The van der Waals surface area contributed by atoms with Crippen molar-refractivity contribution in [3.63, 3.8) is 0 Å². The molecule has 7 unspecified atom stereocenters. The number of allylic oxidation sites excluding steroid dienone is 3. The lowest BCUT2D eigenvalue weighted by Crippen LogP contribution is -2.60. The Morgan fingerprint density at radius 3 is 1.62 bits per heavy atom. The Balaban J connectivity index is 2.45. The van der Waals surface area contributed by atoms with Crippen molar-refractivity contribution in [2.45, 2.75) is 217 Å². The summed E-state index contributed by atoms with van der Waals surface area (Å²) < 4.78 is 11.2. The molecule has 9 nitrogen and oxygen atoms in total. The average molecular weight is 712 g/mol. The van der Waals surface area contributed by atoms with Crippen molar-refractivity contribution in [2.24, 2.45) is 0 Å². The monoisotopic (exact) mass is 712 g/mol. The van der Waals surface area contributed by atoms with Crippen molar-refractivity contribution < 1.29 is 39.8 Å². The highest BCUT2D eigenvalue weighted by molar-refractivity contribution is 5.76. The standard InChI is InChI=1S/C41H77NO8/c1-3-5-7-9-11-13-15-17-19-20-22-24-26-28-30-35(44)34(33-49-41-40(48)39(47)38(46)36(32-43)50-41)42-37(45)31-29-27-25-23-21-18-16-14-12-10-8-6-4-2/h18,21,28,30,34-36,38-41,43-44,46-48H,3-17,19-20,22-27,29,31-33H2,1-2H3,(H,42,45)/b21-18-,30-28+. The Kier molecular flexibility index (Phi) is 30.2. The van der Waals surface area contributed by atoms with Gasteiger partial charge in [-0.15, -0.1) is 0 Å². The van der Waals surface area contributed by atoms with Gasteiger partial charge in [0.15, 0.2) is 6.29 Å². The minimum atomic E-state index is -1.57. The molecule has 0 bridgehead atoms. The third-order valence-corrected chi connectivity index (χ3v) is 9.77. The highest BCUT2D eigenvalue weighted by atomic mass is 16.7. The maximum absolute atomic E-state index is 12.9. The first-order valence-corrected chi connectivity index (χ1v) is 20.6. The van der Waals surface area contributed by atoms with E-state index in [4.69, 9.17) is 9.47 Å². The van der Waals surface area contributed by atoms with Crippen LogP contribution in [0.1, 0.15) is 174 Å². The SMILES string of the molecule is CCCCCCCC/C=C\CCCCCC(=O)NC(COC1OC(CO)C(O)C(O)C1O)C(O)/C=C/CCCCCCCCCCCCCC. The second-order valence-corrected chi connectivity index (χ2v) is 14.4. The van der Waals surface area contributed by atoms with Crippen LogP contribution in [0.3, 0.4) is 0 Å². The number of carbonyl (C=O) groups is 1. The second kappa shape index (κ2) is 32.3. The van der Waals surface area contributed by atoms with Crippen molar-refractivity contribution in [2.75, 3.05) is 13.2 Å². The predicted molar refractivity (Wildman–Crippen MR) is 203 cm³/mol. The Bertz CT molecular complexity index is 837. The molecule has 0 radical (unpaired) electrons. The van der Waals surface area contributed by atoms with E-state index in [0.717, 1.165) is 51.4 Å². The van der Waals surface area contributed by atoms with Crippen LogP contribution >= 0.6 is 0 Å². The molecular formula is C41H77NO8. The molecule has 1 aliphatic rings. The van der Waals surface area contributed by atoms with Crippen LogP contribution in [-0.4, -0.2) is 87.5 Å². The van der Waals surface area contributed by atoms with Gasteiger partial charge in [-0.3, -0.25) is 4.79 Å². The van der Waals surface area contributed by atoms with Crippen molar-refractivity contribution in [1.82, 2.24) is 5.32 Å². The summed E-state index contributed by atoms with van der Waals surface area (Å²) in [4.78, 5) is 12.9. The summed E-state index contributed by atoms with van der Waals surface area (Å²) in [6, 6.07) is -0.807. The fraction of sp³-hybridized carbons (Fsp3) is 0.878. The number of rotatable bonds is 33. The van der Waals surface area contributed by atoms with E-state index in [-0.39, 0.29) is 12.5 Å². The van der Waals surface area contributed by atoms with Gasteiger partial charge in [-0.05, 0) is 44.9 Å². The lowest BCUT2D eigenvalue weighted by Gasteiger charge is -2.40. The summed E-state index contributed by atoms with van der Waals surface area (Å²) in [5, 5.41) is 54.0. The number of carbonyl (C=O) groups excluding carboxylic acids is 1. The highest BCUT2D eigenvalue weighted by Crippen LogP contribution is 2.22. The normalized spacial score (nSPS) is 22.4. The van der Waals surface area contributed by atoms with Gasteiger partial charge in [0.1, 0.15) is 24.4 Å². The average Bonchev–Trinajstić information content (AvgIpc) is 3.11. The number of hydrogen-bond donors (Lipinski definition) is 6. The summed E-state index contributed by atoms with van der Waals surface area (Å²) in [5.74, 6) is -0.195. The summed E-state index contributed by atoms with van der Waals surface area (Å²) in [5.41, 5.74) is 0. The van der Waals surface area contributed by atoms with Crippen LogP contribution in [0, 0.1) is 0 Å². The van der Waals surface area contributed by atoms with Gasteiger partial charge < -0.3 is 40.3 Å². The fourth-order valence-electron chi connectivity index (χ4n) is 6.38. The molecule has 6 N–H and O–H groups in total. The zero-order valence-corrected chi connectivity index (χ0v) is 31.9. The first kappa shape index (κ1) is 46.7. The third-order valence-electron chi connectivity index (χ3n) is 9.77. The van der Waals surface area contributed by atoms with Gasteiger partial charge in [-0.25, -0.2) is 0 Å². The van der Waals surface area contributed by atoms with E-state index in [1.54, 1.807) is 6.08 Å². The van der Waals surface area contributed by atoms with Gasteiger partial charge in [-0.2, -0.15) is 0 Å². The summed E-state index contributed by atoms with van der Waals surface area (Å²) in [7, 11) is 0. The number of aliphatic hydroxyl groups excluding tert-OH is 5. The van der Waals surface area contributed by atoms with Gasteiger partial charge >= 0.3 is 0 Å². The number of unbranched alkanes of at least 4 members (excludes halogenated alkanes) is 21. The molecule has 1 amide bonds. The smallest absolute Gasteiger partial charge is 0.220 e. The molecule has 1 saturated heterocycles. The number of amides is 1. The van der Waals surface area contributed by atoms with Gasteiger partial charge in [0.25, 0.3) is 0 Å². The molecule has 9 heteroatoms. The molecule has 0 aromatic rings. The van der Waals surface area contributed by atoms with Gasteiger partial charge in [0.05, 0.1) is 25.4 Å². The van der Waals surface area contributed by atoms with E-state index in [0.29, 0.717) is 6.42 Å². The van der Waals surface area contributed by atoms with Crippen LogP contribution in [0.4, 0.5) is 0 Å². The quantitative estimate of drug-likeness (QED) is 0.0302. The molecule has 0 spiro atoms. The third kappa shape index (κ3) is 23.3. The second-order valence-electron chi connectivity index (χ2n) is 14.4. The van der Waals surface area contributed by atoms with Crippen LogP contribution < -0.4 is 5.32 Å². The summed E-state index contributed by atoms with van der Waals surface area (Å²) in [6.45, 7) is 3.73. The van der Waals surface area contributed by atoms with E-state index in [2.05, 4.69) is 31.3 Å². The Labute approximate surface area is 305 Å². The first-order chi connectivity index (χ1) is 24.3. The van der Waals surface area contributed by atoms with E-state index in [9.17, 15) is 30.3 Å². The summed E-state index contributed by atoms with van der Waals surface area (Å²) in [6.07, 6.45) is 29.3. The van der Waals surface area contributed by atoms with Gasteiger partial charge in [0, 0.05) is 6.42 Å². The molecule has 1 rings (SSSR count). The zero-order chi connectivity index (χ0) is 36.7. The maximum atomic E-state index is 12.9. The molecular weight excluding hydrogens is 634 g/mol. The molecule has 1 aliphatic heterocycles. The van der Waals surface area contributed by atoms with Gasteiger partial charge in [-0.1, -0.05) is 147 Å². The van der Waals surface area contributed by atoms with Crippen LogP contribution in [0.5, 0.6) is 0 Å². The minimum absolute atomic E-state index is 0.193. The van der Waals surface area contributed by atoms with Crippen LogP contribution in [0.25, 0.3) is 0 Å². The van der Waals surface area contributed by atoms with Crippen LogP contribution in [-0.2, 0) is 14.3 Å². The molecule has 0 aliphatic carbocycles. The van der Waals surface area contributed by atoms with Crippen molar-refractivity contribution in [3.8, 4) is 0 Å². The molecule has 7 atom stereocenters. The lowest BCUT2D eigenvalue weighted by atomic mass is 9.99. The number of aliphatic hydroxyl groups is 5. The molecule has 50 heavy (non-hydrogen) atoms. The number of hydrogen-bond acceptors (Lipinski definition) is 8. The summed E-state index contributed by atoms with van der Waals surface area (Å²) >= 11 is 0. The highest BCUT2D eigenvalue weighted by Gasteiger charge is 2.44. The van der Waals surface area contributed by atoms with Crippen LogP contribution in [0.2, 0.25) is 0 Å². The molecule has 294 valence electrons. The van der Waals surface area contributed by atoms with Crippen molar-refractivity contribution in [1.29, 1.82) is 0 Å². The molecule has 0 saturated carbocycles. The van der Waals surface area contributed by atoms with Gasteiger partial charge in [0.2, 0.25) is 5.91 Å². The number of nitrogens with one attached hydrogen (secondary N) is 1. The van der Waals surface area contributed by atoms with E-state index in [1.165, 1.54) is 103 Å². The Hall–Kier alpha value is -1.33. The van der Waals surface area contributed by atoms with Crippen LogP contribution in [0.15, 0.2) is 24.3 Å². The molecule has 0 aromatic heterocycles. The minimum Gasteiger partial charge on any atom is -0.394 e. The molecule has 1 fully saturated rings.